The van der Waals surface area contributed by atoms with E-state index in [9.17, 15) is 18.3 Å². The highest BCUT2D eigenvalue weighted by Gasteiger charge is 2.44. The highest BCUT2D eigenvalue weighted by atomic mass is 35.5. The number of ether oxygens (including phenoxy) is 2. The SMILES string of the molecule is CC1(C)OC/C=C\[C@@H](O)[C@@H]2CC[C@H]2CN2C[C@@]3(CCCc4cc(Cl)ccc43)COc3ccc(cc32)S(=O)(=O)NC1=O. The van der Waals surface area contributed by atoms with E-state index in [0.717, 1.165) is 32.1 Å². The van der Waals surface area contributed by atoms with Crippen molar-refractivity contribution in [2.75, 3.05) is 31.2 Å². The van der Waals surface area contributed by atoms with Crippen LogP contribution in [0.3, 0.4) is 0 Å². The van der Waals surface area contributed by atoms with Gasteiger partial charge in [-0.1, -0.05) is 29.8 Å². The Kier molecular flexibility index (Phi) is 7.37. The minimum atomic E-state index is -4.18. The summed E-state index contributed by atoms with van der Waals surface area (Å²) in [6.45, 7) is 4.86. The van der Waals surface area contributed by atoms with Gasteiger partial charge in [-0.15, -0.1) is 0 Å². The Morgan fingerprint density at radius 1 is 1.15 bits per heavy atom. The third-order valence-electron chi connectivity index (χ3n) is 9.34. The third kappa shape index (κ3) is 5.38. The molecule has 8 nitrogen and oxygen atoms in total. The fourth-order valence-corrected chi connectivity index (χ4v) is 8.10. The molecule has 2 aliphatic carbocycles. The maximum atomic E-state index is 13.4. The number of aryl methyl sites for hydroxylation is 1. The summed E-state index contributed by atoms with van der Waals surface area (Å²) in [5.74, 6) is 0.131. The van der Waals surface area contributed by atoms with Gasteiger partial charge in [-0.05, 0) is 99.2 Å². The van der Waals surface area contributed by atoms with Gasteiger partial charge < -0.3 is 19.5 Å². The van der Waals surface area contributed by atoms with E-state index in [-0.39, 0.29) is 28.8 Å². The first-order chi connectivity index (χ1) is 19.5. The minimum Gasteiger partial charge on any atom is -0.490 e. The zero-order valence-corrected chi connectivity index (χ0v) is 25.0. The Morgan fingerprint density at radius 2 is 1.98 bits per heavy atom. The van der Waals surface area contributed by atoms with E-state index < -0.39 is 27.6 Å². The largest absolute Gasteiger partial charge is 0.490 e. The lowest BCUT2D eigenvalue weighted by Crippen LogP contribution is -2.49. The second-order valence-electron chi connectivity index (χ2n) is 12.4. The number of amides is 1. The van der Waals surface area contributed by atoms with Crippen LogP contribution in [-0.4, -0.2) is 57.4 Å². The summed E-state index contributed by atoms with van der Waals surface area (Å²) in [4.78, 5) is 15.2. The number of fused-ring (bicyclic) bond motifs is 4. The Morgan fingerprint density at radius 3 is 2.76 bits per heavy atom. The van der Waals surface area contributed by atoms with Crippen molar-refractivity contribution >= 4 is 33.2 Å². The summed E-state index contributed by atoms with van der Waals surface area (Å²) >= 11 is 6.37. The lowest BCUT2D eigenvalue weighted by Gasteiger charge is -2.45. The Balaban J connectivity index is 1.44. The zero-order valence-electron chi connectivity index (χ0n) is 23.4. The van der Waals surface area contributed by atoms with Gasteiger partial charge in [-0.25, -0.2) is 13.1 Å². The molecule has 2 aromatic rings. The first-order valence-electron chi connectivity index (χ1n) is 14.3. The molecule has 0 aromatic heterocycles. The van der Waals surface area contributed by atoms with Crippen molar-refractivity contribution in [3.05, 3.63) is 64.7 Å². The average molecular weight is 601 g/mol. The number of carbonyl (C=O) groups is 1. The molecular formula is C31H37ClN2O6S. The van der Waals surface area contributed by atoms with E-state index >= 15 is 0 Å². The molecule has 1 spiro atoms. The second-order valence-corrected chi connectivity index (χ2v) is 14.5. The van der Waals surface area contributed by atoms with Crippen LogP contribution in [-0.2, 0) is 31.4 Å². The molecule has 6 rings (SSSR count). The van der Waals surface area contributed by atoms with Gasteiger partial charge in [0.1, 0.15) is 11.4 Å². The Hall–Kier alpha value is -2.59. The van der Waals surface area contributed by atoms with Gasteiger partial charge in [0.05, 0.1) is 29.9 Å². The quantitative estimate of drug-likeness (QED) is 0.433. The molecule has 0 unspecified atom stereocenters. The number of hydrogen-bond donors (Lipinski definition) is 2. The fraction of sp³-hybridized carbons (Fsp3) is 0.516. The monoisotopic (exact) mass is 600 g/mol. The molecule has 2 heterocycles. The number of benzene rings is 2. The van der Waals surface area contributed by atoms with Crippen LogP contribution in [0, 0.1) is 11.8 Å². The molecule has 41 heavy (non-hydrogen) atoms. The standard InChI is InChI=1S/C31H37ClN2O6S/c1-30(2)29(36)33-41(37,38)23-9-12-28-26(16-23)34(17-21-7-10-24(21)27(35)6-4-14-40-30)18-31(19-39-28)13-3-5-20-15-22(32)8-11-25(20)31/h4,6,8-9,11-12,15-16,21,24,27,35H,3,5,7,10,13-14,17-19H2,1-2H3,(H,33,36)/b6-4-/t21-,24+,27+,31-/m0/s1. The predicted molar refractivity (Wildman–Crippen MR) is 157 cm³/mol. The highest BCUT2D eigenvalue weighted by Crippen LogP contribution is 2.47. The van der Waals surface area contributed by atoms with Crippen LogP contribution in [0.25, 0.3) is 0 Å². The summed E-state index contributed by atoms with van der Waals surface area (Å²) in [5, 5.41) is 11.7. The number of carbonyl (C=O) groups excluding carboxylic acids is 1. The maximum Gasteiger partial charge on any atom is 0.265 e. The summed E-state index contributed by atoms with van der Waals surface area (Å²) in [7, 11) is -4.18. The smallest absolute Gasteiger partial charge is 0.265 e. The predicted octanol–water partition coefficient (Wildman–Crippen LogP) is 4.37. The first kappa shape index (κ1) is 28.5. The van der Waals surface area contributed by atoms with Crippen molar-refractivity contribution in [1.29, 1.82) is 0 Å². The van der Waals surface area contributed by atoms with Crippen molar-refractivity contribution < 1.29 is 27.8 Å². The summed E-state index contributed by atoms with van der Waals surface area (Å²) in [6.07, 6.45) is 7.56. The lowest BCUT2D eigenvalue weighted by atomic mass is 9.68. The van der Waals surface area contributed by atoms with Gasteiger partial charge in [-0.3, -0.25) is 4.79 Å². The molecule has 2 N–H and O–H groups in total. The summed E-state index contributed by atoms with van der Waals surface area (Å²) in [6, 6.07) is 10.9. The van der Waals surface area contributed by atoms with Crippen LogP contribution in [0.5, 0.6) is 5.75 Å². The molecule has 1 saturated carbocycles. The number of nitrogens with one attached hydrogen (secondary N) is 1. The summed E-state index contributed by atoms with van der Waals surface area (Å²) < 4.78 is 41.2. The van der Waals surface area contributed by atoms with Gasteiger partial charge in [0.15, 0.2) is 0 Å². The number of anilines is 1. The van der Waals surface area contributed by atoms with Crippen LogP contribution in [0.4, 0.5) is 5.69 Å². The molecule has 0 saturated heterocycles. The van der Waals surface area contributed by atoms with Crippen molar-refractivity contribution in [1.82, 2.24) is 4.72 Å². The van der Waals surface area contributed by atoms with E-state index in [1.807, 2.05) is 12.1 Å². The Labute approximate surface area is 246 Å². The molecule has 4 atom stereocenters. The minimum absolute atomic E-state index is 0.0158. The van der Waals surface area contributed by atoms with E-state index in [2.05, 4.69) is 15.7 Å². The van der Waals surface area contributed by atoms with Crippen molar-refractivity contribution in [3.8, 4) is 5.75 Å². The van der Waals surface area contributed by atoms with E-state index in [0.29, 0.717) is 36.2 Å². The van der Waals surface area contributed by atoms with Gasteiger partial charge in [0.2, 0.25) is 0 Å². The molecule has 0 radical (unpaired) electrons. The molecule has 2 aliphatic heterocycles. The molecular weight excluding hydrogens is 564 g/mol. The number of hydrogen-bond acceptors (Lipinski definition) is 7. The van der Waals surface area contributed by atoms with Crippen LogP contribution < -0.4 is 14.4 Å². The van der Waals surface area contributed by atoms with Crippen molar-refractivity contribution in [2.24, 2.45) is 11.8 Å². The van der Waals surface area contributed by atoms with Crippen LogP contribution in [0.1, 0.15) is 50.7 Å². The number of halogens is 1. The van der Waals surface area contributed by atoms with Gasteiger partial charge >= 0.3 is 0 Å². The number of sulfonamides is 1. The molecule has 4 aliphatic rings. The fourth-order valence-electron chi connectivity index (χ4n) is 6.78. The molecule has 2 aromatic carbocycles. The van der Waals surface area contributed by atoms with Gasteiger partial charge in [-0.2, -0.15) is 0 Å². The number of aliphatic hydroxyl groups excluding tert-OH is 1. The third-order valence-corrected chi connectivity index (χ3v) is 10.9. The number of nitrogens with zero attached hydrogens (tertiary/aromatic N) is 1. The summed E-state index contributed by atoms with van der Waals surface area (Å²) in [5.41, 5.74) is 1.43. The number of rotatable bonds is 0. The average Bonchev–Trinajstić information content (AvgIpc) is 3.05. The zero-order chi connectivity index (χ0) is 29.0. The molecule has 1 fully saturated rings. The van der Waals surface area contributed by atoms with Gasteiger partial charge in [0, 0.05) is 23.5 Å². The van der Waals surface area contributed by atoms with Crippen LogP contribution >= 0.6 is 11.6 Å². The van der Waals surface area contributed by atoms with E-state index in [1.54, 1.807) is 24.3 Å². The van der Waals surface area contributed by atoms with E-state index in [4.69, 9.17) is 21.1 Å². The second kappa shape index (κ2) is 10.6. The van der Waals surface area contributed by atoms with Crippen molar-refractivity contribution in [2.45, 2.75) is 68.0 Å². The van der Waals surface area contributed by atoms with Crippen LogP contribution in [0.15, 0.2) is 53.4 Å². The first-order valence-corrected chi connectivity index (χ1v) is 16.2. The molecule has 220 valence electrons. The maximum absolute atomic E-state index is 13.4. The normalized spacial score (nSPS) is 31.5. The highest BCUT2D eigenvalue weighted by molar-refractivity contribution is 7.90. The van der Waals surface area contributed by atoms with E-state index in [1.165, 1.54) is 31.0 Å². The molecule has 10 heteroatoms. The van der Waals surface area contributed by atoms with Crippen molar-refractivity contribution in [3.63, 3.8) is 0 Å². The molecule has 1 amide bonds. The molecule has 2 bridgehead atoms. The topological polar surface area (TPSA) is 105 Å². The van der Waals surface area contributed by atoms with Crippen LogP contribution in [0.2, 0.25) is 5.02 Å². The lowest BCUT2D eigenvalue weighted by molar-refractivity contribution is -0.139. The van der Waals surface area contributed by atoms with Gasteiger partial charge in [0.25, 0.3) is 15.9 Å². The number of aliphatic hydroxyl groups is 1. The Bertz CT molecular complexity index is 1490.